The van der Waals surface area contributed by atoms with E-state index in [1.54, 1.807) is 0 Å². The van der Waals surface area contributed by atoms with Gasteiger partial charge in [0.25, 0.3) is 0 Å². The number of nitrogens with one attached hydrogen (secondary N) is 1. The zero-order valence-corrected chi connectivity index (χ0v) is 9.69. The van der Waals surface area contributed by atoms with Crippen molar-refractivity contribution in [2.24, 2.45) is 0 Å². The van der Waals surface area contributed by atoms with Gasteiger partial charge >= 0.3 is 0 Å². The second-order valence-corrected chi connectivity index (χ2v) is 3.99. The van der Waals surface area contributed by atoms with Crippen LogP contribution in [0.4, 0.5) is 0 Å². The molecule has 0 heterocycles. The molecule has 0 aliphatic heterocycles. The van der Waals surface area contributed by atoms with Gasteiger partial charge in [0.15, 0.2) is 0 Å². The molecule has 0 aliphatic rings. The lowest BCUT2D eigenvalue weighted by atomic mass is 10.1. The van der Waals surface area contributed by atoms with Crippen LogP contribution in [0.5, 0.6) is 0 Å². The predicted octanol–water partition coefficient (Wildman–Crippen LogP) is 3.55. The van der Waals surface area contributed by atoms with E-state index in [2.05, 4.69) is 27.8 Å². The lowest BCUT2D eigenvalue weighted by Crippen LogP contribution is -2.13. The number of hydrogen-bond donors (Lipinski definition) is 1. The van der Waals surface area contributed by atoms with Crippen molar-refractivity contribution < 1.29 is 0 Å². The van der Waals surface area contributed by atoms with Crippen LogP contribution in [-0.2, 0) is 0 Å². The minimum atomic E-state index is 0.112. The smallest absolute Gasteiger partial charge is 0.0516 e. The van der Waals surface area contributed by atoms with E-state index in [0.29, 0.717) is 0 Å². The van der Waals surface area contributed by atoms with Gasteiger partial charge in [-0.05, 0) is 24.7 Å². The summed E-state index contributed by atoms with van der Waals surface area (Å²) >= 11 is 9.42. The second-order valence-electron chi connectivity index (χ2n) is 2.67. The highest BCUT2D eigenvalue weighted by Gasteiger charge is 2.08. The molecule has 0 amide bonds. The summed E-state index contributed by atoms with van der Waals surface area (Å²) in [5, 5.41) is 3.85. The normalized spacial score (nSPS) is 12.5. The van der Waals surface area contributed by atoms with Crippen molar-refractivity contribution in [2.75, 3.05) is 7.05 Å². The highest BCUT2D eigenvalue weighted by molar-refractivity contribution is 9.10. The van der Waals surface area contributed by atoms with E-state index in [0.717, 1.165) is 15.1 Å². The lowest BCUT2D eigenvalue weighted by Gasteiger charge is -2.13. The Morgan fingerprint density at radius 2 is 2.31 bits per heavy atom. The molecule has 1 rings (SSSR count). The summed E-state index contributed by atoms with van der Waals surface area (Å²) in [7, 11) is 1.88. The molecule has 0 aliphatic carbocycles. The number of likely N-dealkylation sites (N-methyl/N-ethyl adjacent to an activating group) is 1. The molecule has 0 radical (unpaired) electrons. The third kappa shape index (κ3) is 2.56. The summed E-state index contributed by atoms with van der Waals surface area (Å²) in [6, 6.07) is 5.94. The number of benzene rings is 1. The topological polar surface area (TPSA) is 12.0 Å². The molecule has 0 saturated carbocycles. The minimum absolute atomic E-state index is 0.112. The maximum Gasteiger partial charge on any atom is 0.0516 e. The third-order valence-electron chi connectivity index (χ3n) is 1.84. The van der Waals surface area contributed by atoms with Crippen LogP contribution in [0, 0.1) is 0 Å². The number of halogens is 2. The zero-order valence-electron chi connectivity index (χ0n) is 7.35. The Balaban J connectivity index is 3.06. The molecule has 1 unspecified atom stereocenters. The van der Waals surface area contributed by atoms with E-state index in [-0.39, 0.29) is 6.04 Å². The van der Waals surface area contributed by atoms with Crippen molar-refractivity contribution in [3.05, 3.63) is 45.9 Å². The van der Waals surface area contributed by atoms with Gasteiger partial charge in [0.05, 0.1) is 6.04 Å². The predicted molar refractivity (Wildman–Crippen MR) is 61.1 cm³/mol. The molecule has 3 heteroatoms. The Labute approximate surface area is 91.9 Å². The first-order valence-corrected chi connectivity index (χ1v) is 5.11. The van der Waals surface area contributed by atoms with Gasteiger partial charge in [-0.2, -0.15) is 0 Å². The van der Waals surface area contributed by atoms with Crippen LogP contribution >= 0.6 is 27.5 Å². The van der Waals surface area contributed by atoms with Crippen LogP contribution in [-0.4, -0.2) is 7.05 Å². The Bertz CT molecular complexity index is 312. The van der Waals surface area contributed by atoms with Crippen LogP contribution < -0.4 is 5.32 Å². The van der Waals surface area contributed by atoms with Gasteiger partial charge in [-0.3, -0.25) is 0 Å². The van der Waals surface area contributed by atoms with Crippen molar-refractivity contribution in [1.29, 1.82) is 0 Å². The zero-order chi connectivity index (χ0) is 9.84. The number of hydrogen-bond acceptors (Lipinski definition) is 1. The summed E-state index contributed by atoms with van der Waals surface area (Å²) in [5.74, 6) is 0. The highest BCUT2D eigenvalue weighted by Crippen LogP contribution is 2.26. The summed E-state index contributed by atoms with van der Waals surface area (Å²) in [5.41, 5.74) is 1.04. The Morgan fingerprint density at radius 3 is 2.77 bits per heavy atom. The lowest BCUT2D eigenvalue weighted by molar-refractivity contribution is 0.716. The first-order valence-electron chi connectivity index (χ1n) is 3.93. The summed E-state index contributed by atoms with van der Waals surface area (Å²) in [6.45, 7) is 3.74. The standard InChI is InChI=1S/C10H11BrClN/c1-3-10(13-2)8-5-4-7(11)6-9(8)12/h3-6,10,13H,1H2,2H3. The molecule has 0 fully saturated rings. The Kier molecular flexibility index (Phi) is 3.97. The van der Waals surface area contributed by atoms with Crippen molar-refractivity contribution >= 4 is 27.5 Å². The quantitative estimate of drug-likeness (QED) is 0.820. The maximum atomic E-state index is 6.06. The van der Waals surface area contributed by atoms with Gasteiger partial charge in [-0.1, -0.05) is 39.7 Å². The largest absolute Gasteiger partial charge is 0.310 e. The van der Waals surface area contributed by atoms with Crippen LogP contribution in [0.15, 0.2) is 35.3 Å². The van der Waals surface area contributed by atoms with Gasteiger partial charge in [0.1, 0.15) is 0 Å². The molecular formula is C10H11BrClN. The van der Waals surface area contributed by atoms with Gasteiger partial charge in [0.2, 0.25) is 0 Å². The van der Waals surface area contributed by atoms with E-state index >= 15 is 0 Å². The van der Waals surface area contributed by atoms with Crippen molar-refractivity contribution in [1.82, 2.24) is 5.32 Å². The van der Waals surface area contributed by atoms with E-state index in [1.807, 2.05) is 31.3 Å². The summed E-state index contributed by atoms with van der Waals surface area (Å²) in [4.78, 5) is 0. The SMILES string of the molecule is C=CC(NC)c1ccc(Br)cc1Cl. The molecule has 1 atom stereocenters. The fourth-order valence-corrected chi connectivity index (χ4v) is 1.95. The van der Waals surface area contributed by atoms with Crippen molar-refractivity contribution in [3.63, 3.8) is 0 Å². The van der Waals surface area contributed by atoms with Gasteiger partial charge < -0.3 is 5.32 Å². The molecule has 1 aromatic rings. The first-order chi connectivity index (χ1) is 6.19. The highest BCUT2D eigenvalue weighted by atomic mass is 79.9. The average Bonchev–Trinajstić information content (AvgIpc) is 2.10. The van der Waals surface area contributed by atoms with Gasteiger partial charge in [-0.15, -0.1) is 6.58 Å². The second kappa shape index (κ2) is 4.80. The molecule has 0 aromatic heterocycles. The van der Waals surface area contributed by atoms with E-state index in [1.165, 1.54) is 0 Å². The van der Waals surface area contributed by atoms with Crippen LogP contribution in [0.2, 0.25) is 5.02 Å². The fourth-order valence-electron chi connectivity index (χ4n) is 1.15. The Morgan fingerprint density at radius 1 is 1.62 bits per heavy atom. The first kappa shape index (κ1) is 10.8. The molecule has 1 nitrogen and oxygen atoms in total. The molecule has 1 aromatic carbocycles. The van der Waals surface area contributed by atoms with Crippen LogP contribution in [0.3, 0.4) is 0 Å². The fraction of sp³-hybridized carbons (Fsp3) is 0.200. The third-order valence-corrected chi connectivity index (χ3v) is 2.66. The summed E-state index contributed by atoms with van der Waals surface area (Å²) < 4.78 is 0.986. The van der Waals surface area contributed by atoms with Crippen molar-refractivity contribution in [3.8, 4) is 0 Å². The van der Waals surface area contributed by atoms with E-state index in [9.17, 15) is 0 Å². The van der Waals surface area contributed by atoms with E-state index < -0.39 is 0 Å². The molecule has 1 N–H and O–H groups in total. The summed E-state index contributed by atoms with van der Waals surface area (Å²) in [6.07, 6.45) is 1.83. The van der Waals surface area contributed by atoms with Gasteiger partial charge in [-0.25, -0.2) is 0 Å². The minimum Gasteiger partial charge on any atom is -0.310 e. The van der Waals surface area contributed by atoms with Crippen LogP contribution in [0.1, 0.15) is 11.6 Å². The van der Waals surface area contributed by atoms with Crippen LogP contribution in [0.25, 0.3) is 0 Å². The molecule has 13 heavy (non-hydrogen) atoms. The number of rotatable bonds is 3. The molecular weight excluding hydrogens is 249 g/mol. The maximum absolute atomic E-state index is 6.06. The monoisotopic (exact) mass is 259 g/mol. The molecule has 70 valence electrons. The molecule has 0 spiro atoms. The molecule has 0 bridgehead atoms. The van der Waals surface area contributed by atoms with E-state index in [4.69, 9.17) is 11.6 Å². The van der Waals surface area contributed by atoms with Crippen molar-refractivity contribution in [2.45, 2.75) is 6.04 Å². The Hall–Kier alpha value is -0.310. The molecule has 0 saturated heterocycles. The van der Waals surface area contributed by atoms with Gasteiger partial charge in [0, 0.05) is 9.50 Å². The average molecular weight is 261 g/mol.